The number of likely N-dealkylation sites (tertiary alicyclic amines) is 1. The molecule has 1 atom stereocenters. The van der Waals surface area contributed by atoms with E-state index in [1.165, 1.54) is 0 Å². The number of hydrogen-bond acceptors (Lipinski definition) is 3. The van der Waals surface area contributed by atoms with Crippen LogP contribution in [0.5, 0.6) is 0 Å². The van der Waals surface area contributed by atoms with Crippen LogP contribution in [0.4, 0.5) is 0 Å². The summed E-state index contributed by atoms with van der Waals surface area (Å²) in [6, 6.07) is 7.83. The Bertz CT molecular complexity index is 442. The van der Waals surface area contributed by atoms with Gasteiger partial charge in [0.25, 0.3) is 0 Å². The molecule has 1 fully saturated rings. The van der Waals surface area contributed by atoms with E-state index in [0.29, 0.717) is 11.7 Å². The Kier molecular flexibility index (Phi) is 5.75. The normalized spacial score (nSPS) is 18.1. The van der Waals surface area contributed by atoms with E-state index >= 15 is 0 Å². The monoisotopic (exact) mass is 312 g/mol. The predicted octanol–water partition coefficient (Wildman–Crippen LogP) is 3.02. The summed E-state index contributed by atoms with van der Waals surface area (Å²) >= 11 is 7.40. The molecule has 0 saturated carbocycles. The van der Waals surface area contributed by atoms with Crippen LogP contribution in [-0.2, 0) is 4.79 Å². The lowest BCUT2D eigenvalue weighted by molar-refractivity contribution is -0.129. The van der Waals surface area contributed by atoms with E-state index in [-0.39, 0.29) is 11.9 Å². The molecule has 0 bridgehead atoms. The summed E-state index contributed by atoms with van der Waals surface area (Å²) in [6.07, 6.45) is 2.05. The molecule has 2 rings (SSSR count). The average molecular weight is 313 g/mol. The molecule has 0 radical (unpaired) electrons. The van der Waals surface area contributed by atoms with Crippen LogP contribution >= 0.6 is 23.4 Å². The van der Waals surface area contributed by atoms with Crippen LogP contribution in [0.15, 0.2) is 29.2 Å². The minimum atomic E-state index is 0.216. The van der Waals surface area contributed by atoms with Gasteiger partial charge in [-0.3, -0.25) is 4.79 Å². The maximum atomic E-state index is 12.2. The van der Waals surface area contributed by atoms with Crippen molar-refractivity contribution in [2.75, 3.05) is 18.8 Å². The van der Waals surface area contributed by atoms with Crippen molar-refractivity contribution < 1.29 is 4.79 Å². The maximum Gasteiger partial charge on any atom is 0.232 e. The number of benzene rings is 1. The molecular formula is C15H21ClN2OS. The van der Waals surface area contributed by atoms with E-state index < -0.39 is 0 Å². The first-order valence-electron chi connectivity index (χ1n) is 6.98. The molecule has 5 heteroatoms. The first-order valence-corrected chi connectivity index (χ1v) is 8.34. The Morgan fingerprint density at radius 2 is 2.00 bits per heavy atom. The second-order valence-corrected chi connectivity index (χ2v) is 6.81. The van der Waals surface area contributed by atoms with Crippen LogP contribution < -0.4 is 5.73 Å². The zero-order chi connectivity index (χ0) is 14.5. The number of nitrogens with zero attached hydrogens (tertiary/aromatic N) is 1. The van der Waals surface area contributed by atoms with E-state index in [2.05, 4.69) is 6.92 Å². The molecule has 0 aliphatic carbocycles. The number of carbonyl (C=O) groups is 1. The van der Waals surface area contributed by atoms with Crippen molar-refractivity contribution in [3.63, 3.8) is 0 Å². The quantitative estimate of drug-likeness (QED) is 0.869. The molecule has 0 spiro atoms. The van der Waals surface area contributed by atoms with Crippen molar-refractivity contribution in [3.8, 4) is 0 Å². The fourth-order valence-corrected chi connectivity index (χ4v) is 3.37. The van der Waals surface area contributed by atoms with Gasteiger partial charge in [-0.2, -0.15) is 0 Å². The van der Waals surface area contributed by atoms with Gasteiger partial charge in [0.1, 0.15) is 0 Å². The third-order valence-corrected chi connectivity index (χ3v) is 5.06. The zero-order valence-corrected chi connectivity index (χ0v) is 13.3. The van der Waals surface area contributed by atoms with Crippen molar-refractivity contribution in [1.82, 2.24) is 4.90 Å². The molecular weight excluding hydrogens is 292 g/mol. The third kappa shape index (κ3) is 4.40. The minimum absolute atomic E-state index is 0.216. The summed E-state index contributed by atoms with van der Waals surface area (Å²) in [5, 5.41) is 0.721. The molecule has 1 aromatic rings. The van der Waals surface area contributed by atoms with Gasteiger partial charge in [-0.15, -0.1) is 11.8 Å². The summed E-state index contributed by atoms with van der Waals surface area (Å²) in [4.78, 5) is 15.2. The summed E-state index contributed by atoms with van der Waals surface area (Å²) in [6.45, 7) is 3.73. The number of amides is 1. The highest BCUT2D eigenvalue weighted by Crippen LogP contribution is 2.23. The highest BCUT2D eigenvalue weighted by Gasteiger charge is 2.24. The molecule has 1 aromatic carbocycles. The SMILES string of the molecule is CC(N)C1CCN(C(=O)CSc2ccc(Cl)cc2)CC1. The molecule has 1 aliphatic rings. The van der Waals surface area contributed by atoms with E-state index in [1.807, 2.05) is 29.2 Å². The molecule has 0 aromatic heterocycles. The average Bonchev–Trinajstić information content (AvgIpc) is 2.46. The number of thioether (sulfide) groups is 1. The Balaban J connectivity index is 1.77. The number of carbonyl (C=O) groups excluding carboxylic acids is 1. The van der Waals surface area contributed by atoms with Crippen LogP contribution in [-0.4, -0.2) is 35.7 Å². The van der Waals surface area contributed by atoms with Crippen LogP contribution in [0.1, 0.15) is 19.8 Å². The number of hydrogen-bond donors (Lipinski definition) is 1. The molecule has 1 aliphatic heterocycles. The van der Waals surface area contributed by atoms with Crippen LogP contribution in [0.25, 0.3) is 0 Å². The highest BCUT2D eigenvalue weighted by molar-refractivity contribution is 8.00. The van der Waals surface area contributed by atoms with E-state index in [0.717, 1.165) is 35.8 Å². The van der Waals surface area contributed by atoms with Crippen molar-refractivity contribution in [3.05, 3.63) is 29.3 Å². The molecule has 3 nitrogen and oxygen atoms in total. The first-order chi connectivity index (χ1) is 9.56. The largest absolute Gasteiger partial charge is 0.342 e. The van der Waals surface area contributed by atoms with Crippen molar-refractivity contribution in [2.45, 2.75) is 30.7 Å². The molecule has 110 valence electrons. The summed E-state index contributed by atoms with van der Waals surface area (Å²) in [7, 11) is 0. The Labute approximate surface area is 129 Å². The molecule has 1 unspecified atom stereocenters. The molecule has 1 heterocycles. The van der Waals surface area contributed by atoms with Gasteiger partial charge in [-0.1, -0.05) is 11.6 Å². The third-order valence-electron chi connectivity index (χ3n) is 3.81. The number of halogens is 1. The van der Waals surface area contributed by atoms with Crippen LogP contribution in [0.3, 0.4) is 0 Å². The van der Waals surface area contributed by atoms with E-state index in [1.54, 1.807) is 11.8 Å². The van der Waals surface area contributed by atoms with Crippen molar-refractivity contribution in [1.29, 1.82) is 0 Å². The van der Waals surface area contributed by atoms with Gasteiger partial charge in [-0.25, -0.2) is 0 Å². The Morgan fingerprint density at radius 3 is 2.55 bits per heavy atom. The summed E-state index contributed by atoms with van der Waals surface area (Å²) in [5.41, 5.74) is 5.92. The lowest BCUT2D eigenvalue weighted by Gasteiger charge is -2.33. The second kappa shape index (κ2) is 7.34. The standard InChI is InChI=1S/C15H21ClN2OS/c1-11(17)12-6-8-18(9-7-12)15(19)10-20-14-4-2-13(16)3-5-14/h2-5,11-12H,6-10,17H2,1H3. The van der Waals surface area contributed by atoms with Gasteiger partial charge in [0.2, 0.25) is 5.91 Å². The van der Waals surface area contributed by atoms with E-state index in [4.69, 9.17) is 17.3 Å². The summed E-state index contributed by atoms with van der Waals surface area (Å²) < 4.78 is 0. The maximum absolute atomic E-state index is 12.2. The highest BCUT2D eigenvalue weighted by atomic mass is 35.5. The van der Waals surface area contributed by atoms with Gasteiger partial charge in [0.05, 0.1) is 5.75 Å². The lowest BCUT2D eigenvalue weighted by Crippen LogP contribution is -2.43. The lowest BCUT2D eigenvalue weighted by atomic mass is 9.91. The van der Waals surface area contributed by atoms with E-state index in [9.17, 15) is 4.79 Å². The number of piperidine rings is 1. The van der Waals surface area contributed by atoms with Crippen LogP contribution in [0.2, 0.25) is 5.02 Å². The van der Waals surface area contributed by atoms with Gasteiger partial charge in [-0.05, 0) is 49.9 Å². The molecule has 20 heavy (non-hydrogen) atoms. The molecule has 1 saturated heterocycles. The topological polar surface area (TPSA) is 46.3 Å². The Morgan fingerprint density at radius 1 is 1.40 bits per heavy atom. The number of nitrogens with two attached hydrogens (primary N) is 1. The smallest absolute Gasteiger partial charge is 0.232 e. The predicted molar refractivity (Wildman–Crippen MR) is 85.1 cm³/mol. The van der Waals surface area contributed by atoms with Crippen LogP contribution in [0, 0.1) is 5.92 Å². The fraction of sp³-hybridized carbons (Fsp3) is 0.533. The molecule has 2 N–H and O–H groups in total. The van der Waals surface area contributed by atoms with Crippen molar-refractivity contribution >= 4 is 29.3 Å². The second-order valence-electron chi connectivity index (χ2n) is 5.32. The number of rotatable bonds is 4. The zero-order valence-electron chi connectivity index (χ0n) is 11.7. The first kappa shape index (κ1) is 15.7. The fourth-order valence-electron chi connectivity index (χ4n) is 2.44. The minimum Gasteiger partial charge on any atom is -0.342 e. The van der Waals surface area contributed by atoms with Crippen molar-refractivity contribution in [2.24, 2.45) is 11.7 Å². The summed E-state index contributed by atoms with van der Waals surface area (Å²) in [5.74, 6) is 1.26. The van der Waals surface area contributed by atoms with Gasteiger partial charge in [0, 0.05) is 29.0 Å². The van der Waals surface area contributed by atoms with Gasteiger partial charge in [0.15, 0.2) is 0 Å². The van der Waals surface area contributed by atoms with Gasteiger partial charge >= 0.3 is 0 Å². The Hall–Kier alpha value is -0.710. The van der Waals surface area contributed by atoms with Gasteiger partial charge < -0.3 is 10.6 Å². The molecule has 1 amide bonds.